The van der Waals surface area contributed by atoms with Crippen LogP contribution in [0.3, 0.4) is 0 Å². The van der Waals surface area contributed by atoms with Crippen LogP contribution in [0.4, 0.5) is 0 Å². The van der Waals surface area contributed by atoms with Crippen molar-refractivity contribution in [2.75, 3.05) is 26.2 Å². The highest BCUT2D eigenvalue weighted by Crippen LogP contribution is 2.25. The molecule has 0 spiro atoms. The van der Waals surface area contributed by atoms with Crippen molar-refractivity contribution >= 4 is 0 Å². The summed E-state index contributed by atoms with van der Waals surface area (Å²) in [7, 11) is 0. The van der Waals surface area contributed by atoms with E-state index in [2.05, 4.69) is 47.5 Å². The normalized spacial score (nSPS) is 26.3. The first-order valence-electron chi connectivity index (χ1n) is 7.47. The van der Waals surface area contributed by atoms with Gasteiger partial charge in [-0.25, -0.2) is 0 Å². The van der Waals surface area contributed by atoms with Gasteiger partial charge in [-0.1, -0.05) is 30.3 Å². The summed E-state index contributed by atoms with van der Waals surface area (Å²) in [4.78, 5) is 2.57. The van der Waals surface area contributed by atoms with E-state index >= 15 is 0 Å². The molecule has 3 heteroatoms. The lowest BCUT2D eigenvalue weighted by Gasteiger charge is -2.37. The maximum Gasteiger partial charge on any atom is 0.0674 e. The standard InChI is InChI=1S/C16H24N2O/c1-13-12-18(9-10-19-13)16(11-17-15-7-8-15)14-5-3-2-4-6-14/h2-6,13,15-17H,7-12H2,1H3. The van der Waals surface area contributed by atoms with E-state index in [0.29, 0.717) is 12.1 Å². The molecule has 2 unspecified atom stereocenters. The minimum Gasteiger partial charge on any atom is -0.376 e. The Balaban J connectivity index is 1.70. The summed E-state index contributed by atoms with van der Waals surface area (Å²) in [6.07, 6.45) is 3.04. The first-order chi connectivity index (χ1) is 9.33. The Morgan fingerprint density at radius 3 is 2.79 bits per heavy atom. The van der Waals surface area contributed by atoms with Crippen LogP contribution in [0.1, 0.15) is 31.4 Å². The molecule has 1 heterocycles. The van der Waals surface area contributed by atoms with Gasteiger partial charge in [0.15, 0.2) is 0 Å². The molecule has 0 radical (unpaired) electrons. The number of ether oxygens (including phenoxy) is 1. The van der Waals surface area contributed by atoms with Crippen molar-refractivity contribution in [1.82, 2.24) is 10.2 Å². The van der Waals surface area contributed by atoms with Gasteiger partial charge in [0.1, 0.15) is 0 Å². The summed E-state index contributed by atoms with van der Waals surface area (Å²) in [5.74, 6) is 0. The fourth-order valence-corrected chi connectivity index (χ4v) is 2.83. The predicted octanol–water partition coefficient (Wildman–Crippen LogP) is 2.20. The molecule has 2 aliphatic rings. The molecule has 0 bridgehead atoms. The van der Waals surface area contributed by atoms with Crippen molar-refractivity contribution in [2.45, 2.75) is 38.0 Å². The second-order valence-corrected chi connectivity index (χ2v) is 5.79. The van der Waals surface area contributed by atoms with Gasteiger partial charge < -0.3 is 10.1 Å². The Labute approximate surface area is 115 Å². The van der Waals surface area contributed by atoms with Crippen molar-refractivity contribution in [3.05, 3.63) is 35.9 Å². The molecular weight excluding hydrogens is 236 g/mol. The van der Waals surface area contributed by atoms with Crippen molar-refractivity contribution < 1.29 is 4.74 Å². The van der Waals surface area contributed by atoms with E-state index in [9.17, 15) is 0 Å². The van der Waals surface area contributed by atoms with E-state index in [-0.39, 0.29) is 0 Å². The average Bonchev–Trinajstić information content (AvgIpc) is 3.25. The van der Waals surface area contributed by atoms with Gasteiger partial charge in [-0.2, -0.15) is 0 Å². The van der Waals surface area contributed by atoms with Gasteiger partial charge in [-0.05, 0) is 25.3 Å². The fraction of sp³-hybridized carbons (Fsp3) is 0.625. The highest BCUT2D eigenvalue weighted by atomic mass is 16.5. The van der Waals surface area contributed by atoms with Gasteiger partial charge in [0.05, 0.1) is 12.7 Å². The molecule has 0 amide bonds. The van der Waals surface area contributed by atoms with E-state index in [0.717, 1.165) is 32.3 Å². The zero-order valence-corrected chi connectivity index (χ0v) is 11.7. The van der Waals surface area contributed by atoms with Crippen LogP contribution < -0.4 is 5.32 Å². The number of benzene rings is 1. The van der Waals surface area contributed by atoms with Crippen LogP contribution in [0, 0.1) is 0 Å². The number of hydrogen-bond donors (Lipinski definition) is 1. The molecule has 19 heavy (non-hydrogen) atoms. The molecule has 1 saturated heterocycles. The minimum atomic E-state index is 0.348. The lowest BCUT2D eigenvalue weighted by Crippen LogP contribution is -2.46. The first kappa shape index (κ1) is 13.1. The Hall–Kier alpha value is -0.900. The number of nitrogens with one attached hydrogen (secondary N) is 1. The van der Waals surface area contributed by atoms with Gasteiger partial charge in [0.25, 0.3) is 0 Å². The van der Waals surface area contributed by atoms with Crippen LogP contribution in [0.25, 0.3) is 0 Å². The van der Waals surface area contributed by atoms with Crippen LogP contribution in [0.15, 0.2) is 30.3 Å². The van der Waals surface area contributed by atoms with Crippen molar-refractivity contribution in [2.24, 2.45) is 0 Å². The van der Waals surface area contributed by atoms with Crippen LogP contribution in [-0.4, -0.2) is 43.3 Å². The van der Waals surface area contributed by atoms with Gasteiger partial charge >= 0.3 is 0 Å². The minimum absolute atomic E-state index is 0.348. The molecule has 1 aromatic carbocycles. The maximum atomic E-state index is 5.67. The molecule has 3 rings (SSSR count). The average molecular weight is 260 g/mol. The van der Waals surface area contributed by atoms with Crippen molar-refractivity contribution in [1.29, 1.82) is 0 Å². The van der Waals surface area contributed by atoms with Gasteiger partial charge in [-0.3, -0.25) is 4.90 Å². The third kappa shape index (κ3) is 3.56. The molecule has 2 atom stereocenters. The highest BCUT2D eigenvalue weighted by Gasteiger charge is 2.28. The molecular formula is C16H24N2O. The Morgan fingerprint density at radius 1 is 1.32 bits per heavy atom. The smallest absolute Gasteiger partial charge is 0.0674 e. The lowest BCUT2D eigenvalue weighted by molar-refractivity contribution is -0.0344. The SMILES string of the molecule is CC1CN(C(CNC2CC2)c2ccccc2)CCO1. The molecule has 3 nitrogen and oxygen atoms in total. The predicted molar refractivity (Wildman–Crippen MR) is 77.2 cm³/mol. The summed E-state index contributed by atoms with van der Waals surface area (Å²) in [6, 6.07) is 12.1. The van der Waals surface area contributed by atoms with E-state index in [1.807, 2.05) is 0 Å². The number of morpholine rings is 1. The second kappa shape index (κ2) is 6.04. The third-order valence-corrected chi connectivity index (χ3v) is 4.07. The van der Waals surface area contributed by atoms with Gasteiger partial charge in [0, 0.05) is 31.7 Å². The Kier molecular flexibility index (Phi) is 4.16. The monoisotopic (exact) mass is 260 g/mol. The Bertz CT molecular complexity index is 391. The summed E-state index contributed by atoms with van der Waals surface area (Å²) in [5, 5.41) is 3.68. The topological polar surface area (TPSA) is 24.5 Å². The van der Waals surface area contributed by atoms with Crippen molar-refractivity contribution in [3.8, 4) is 0 Å². The molecule has 104 valence electrons. The van der Waals surface area contributed by atoms with Crippen LogP contribution in [0.2, 0.25) is 0 Å². The number of rotatable bonds is 5. The largest absolute Gasteiger partial charge is 0.376 e. The number of hydrogen-bond acceptors (Lipinski definition) is 3. The summed E-state index contributed by atoms with van der Waals surface area (Å²) >= 11 is 0. The summed E-state index contributed by atoms with van der Waals surface area (Å²) in [5.41, 5.74) is 1.42. The maximum absolute atomic E-state index is 5.67. The van der Waals surface area contributed by atoms with Crippen LogP contribution in [-0.2, 0) is 4.74 Å². The van der Waals surface area contributed by atoms with Crippen molar-refractivity contribution in [3.63, 3.8) is 0 Å². The summed E-state index contributed by atoms with van der Waals surface area (Å²) in [6.45, 7) is 6.15. The highest BCUT2D eigenvalue weighted by molar-refractivity contribution is 5.20. The lowest BCUT2D eigenvalue weighted by atomic mass is 10.0. The van der Waals surface area contributed by atoms with Gasteiger partial charge in [0.2, 0.25) is 0 Å². The van der Waals surface area contributed by atoms with Crippen LogP contribution >= 0.6 is 0 Å². The quantitative estimate of drug-likeness (QED) is 0.878. The van der Waals surface area contributed by atoms with Gasteiger partial charge in [-0.15, -0.1) is 0 Å². The van der Waals surface area contributed by atoms with E-state index in [4.69, 9.17) is 4.74 Å². The molecule has 1 saturated carbocycles. The fourth-order valence-electron chi connectivity index (χ4n) is 2.83. The van der Waals surface area contributed by atoms with E-state index < -0.39 is 0 Å². The summed E-state index contributed by atoms with van der Waals surface area (Å²) < 4.78 is 5.67. The molecule has 1 aliphatic carbocycles. The van der Waals surface area contributed by atoms with Crippen LogP contribution in [0.5, 0.6) is 0 Å². The van der Waals surface area contributed by atoms with E-state index in [1.54, 1.807) is 0 Å². The molecule has 1 aliphatic heterocycles. The first-order valence-corrected chi connectivity index (χ1v) is 7.47. The third-order valence-electron chi connectivity index (χ3n) is 4.07. The molecule has 1 aromatic rings. The van der Waals surface area contributed by atoms with E-state index in [1.165, 1.54) is 18.4 Å². The second-order valence-electron chi connectivity index (χ2n) is 5.79. The Morgan fingerprint density at radius 2 is 2.11 bits per heavy atom. The zero-order valence-electron chi connectivity index (χ0n) is 11.7. The molecule has 1 N–H and O–H groups in total. The zero-order chi connectivity index (χ0) is 13.1. The number of nitrogens with zero attached hydrogens (tertiary/aromatic N) is 1. The molecule has 0 aromatic heterocycles. The molecule has 2 fully saturated rings.